The third-order valence-corrected chi connectivity index (χ3v) is 3.15. The first-order chi connectivity index (χ1) is 9.24. The van der Waals surface area contributed by atoms with E-state index in [1.165, 1.54) is 4.90 Å². The zero-order valence-corrected chi connectivity index (χ0v) is 13.3. The van der Waals surface area contributed by atoms with E-state index in [0.29, 0.717) is 19.6 Å². The molecule has 5 heteroatoms. The zero-order valence-electron chi connectivity index (χ0n) is 13.3. The van der Waals surface area contributed by atoms with Crippen molar-refractivity contribution >= 4 is 12.1 Å². The molecular weight excluding hydrogens is 258 g/mol. The lowest BCUT2D eigenvalue weighted by atomic mass is 10.1. The Morgan fingerprint density at radius 3 is 2.50 bits per heavy atom. The molecule has 116 valence electrons. The van der Waals surface area contributed by atoms with Gasteiger partial charge in [0.05, 0.1) is 6.61 Å². The molecule has 1 rings (SSSR count). The molecule has 0 radical (unpaired) electrons. The number of likely N-dealkylation sites (tertiary alicyclic amines) is 1. The summed E-state index contributed by atoms with van der Waals surface area (Å²) in [5, 5.41) is 0. The predicted octanol–water partition coefficient (Wildman–Crippen LogP) is 2.98. The summed E-state index contributed by atoms with van der Waals surface area (Å²) in [6.45, 7) is 10.5. The van der Waals surface area contributed by atoms with Crippen LogP contribution in [-0.4, -0.2) is 41.8 Å². The number of hydrogen-bond acceptors (Lipinski definition) is 4. The van der Waals surface area contributed by atoms with Gasteiger partial charge in [-0.1, -0.05) is 20.3 Å². The van der Waals surface area contributed by atoms with E-state index in [-0.39, 0.29) is 11.9 Å². The molecule has 0 aliphatic carbocycles. The molecule has 0 unspecified atom stereocenters. The van der Waals surface area contributed by atoms with E-state index in [0.717, 1.165) is 12.8 Å². The average molecular weight is 285 g/mol. The Labute approximate surface area is 121 Å². The minimum atomic E-state index is -0.556. The van der Waals surface area contributed by atoms with Crippen molar-refractivity contribution in [2.45, 2.75) is 65.5 Å². The maximum atomic E-state index is 12.1. The summed E-state index contributed by atoms with van der Waals surface area (Å²) < 4.78 is 10.6. The van der Waals surface area contributed by atoms with E-state index >= 15 is 0 Å². The second-order valence-electron chi connectivity index (χ2n) is 6.51. The van der Waals surface area contributed by atoms with Gasteiger partial charge in [-0.3, -0.25) is 4.90 Å². The van der Waals surface area contributed by atoms with Crippen LogP contribution in [0.15, 0.2) is 0 Å². The number of rotatable bonds is 4. The van der Waals surface area contributed by atoms with Crippen LogP contribution >= 0.6 is 0 Å². The van der Waals surface area contributed by atoms with Gasteiger partial charge in [0.1, 0.15) is 11.6 Å². The van der Waals surface area contributed by atoms with Crippen LogP contribution < -0.4 is 0 Å². The fraction of sp³-hybridized carbons (Fsp3) is 0.867. The van der Waals surface area contributed by atoms with E-state index in [4.69, 9.17) is 9.47 Å². The second kappa shape index (κ2) is 6.95. The summed E-state index contributed by atoms with van der Waals surface area (Å²) in [6, 6.07) is -0.503. The Kier molecular flexibility index (Phi) is 5.84. The van der Waals surface area contributed by atoms with Gasteiger partial charge in [0.15, 0.2) is 0 Å². The van der Waals surface area contributed by atoms with Crippen molar-refractivity contribution < 1.29 is 19.1 Å². The first kappa shape index (κ1) is 16.8. The number of esters is 1. The Hall–Kier alpha value is -1.26. The minimum absolute atomic E-state index is 0.284. The summed E-state index contributed by atoms with van der Waals surface area (Å²) in [5.41, 5.74) is -0.556. The molecule has 1 aliphatic heterocycles. The van der Waals surface area contributed by atoms with Gasteiger partial charge in [0.2, 0.25) is 0 Å². The lowest BCUT2D eigenvalue weighted by Gasteiger charge is -2.27. The lowest BCUT2D eigenvalue weighted by molar-refractivity contribution is -0.148. The molecular formula is C15H27NO4. The van der Waals surface area contributed by atoms with Crippen molar-refractivity contribution in [1.82, 2.24) is 4.90 Å². The van der Waals surface area contributed by atoms with Crippen molar-refractivity contribution in [1.29, 1.82) is 0 Å². The third-order valence-electron chi connectivity index (χ3n) is 3.15. The van der Waals surface area contributed by atoms with Crippen molar-refractivity contribution in [3.05, 3.63) is 0 Å². The topological polar surface area (TPSA) is 55.8 Å². The number of ether oxygens (including phenoxy) is 2. The van der Waals surface area contributed by atoms with Crippen LogP contribution in [0.5, 0.6) is 0 Å². The molecule has 0 aromatic rings. The first-order valence-electron chi connectivity index (χ1n) is 7.41. The number of carbonyl (C=O) groups excluding carboxylic acids is 2. The largest absolute Gasteiger partial charge is 0.464 e. The number of carbonyl (C=O) groups is 2. The molecule has 1 heterocycles. The molecule has 5 nitrogen and oxygen atoms in total. The maximum absolute atomic E-state index is 12.1. The Bertz CT molecular complexity index is 348. The molecule has 20 heavy (non-hydrogen) atoms. The maximum Gasteiger partial charge on any atom is 0.411 e. The minimum Gasteiger partial charge on any atom is -0.464 e. The normalized spacial score (nSPS) is 22.8. The van der Waals surface area contributed by atoms with Gasteiger partial charge < -0.3 is 9.47 Å². The van der Waals surface area contributed by atoms with E-state index in [2.05, 4.69) is 0 Å². The van der Waals surface area contributed by atoms with E-state index in [9.17, 15) is 9.59 Å². The van der Waals surface area contributed by atoms with Crippen LogP contribution in [0.25, 0.3) is 0 Å². The van der Waals surface area contributed by atoms with Gasteiger partial charge in [-0.05, 0) is 39.5 Å². The van der Waals surface area contributed by atoms with Gasteiger partial charge in [0.25, 0.3) is 0 Å². The highest BCUT2D eigenvalue weighted by Gasteiger charge is 2.40. The molecule has 2 atom stereocenters. The van der Waals surface area contributed by atoms with Crippen LogP contribution in [0.4, 0.5) is 4.79 Å². The van der Waals surface area contributed by atoms with Gasteiger partial charge in [-0.2, -0.15) is 0 Å². The highest BCUT2D eigenvalue weighted by molar-refractivity contribution is 5.82. The number of amides is 1. The van der Waals surface area contributed by atoms with Crippen LogP contribution in [-0.2, 0) is 14.3 Å². The zero-order chi connectivity index (χ0) is 15.3. The highest BCUT2D eigenvalue weighted by Crippen LogP contribution is 2.26. The number of hydrogen-bond donors (Lipinski definition) is 0. The Balaban J connectivity index is 2.63. The van der Waals surface area contributed by atoms with Gasteiger partial charge in [0, 0.05) is 6.54 Å². The van der Waals surface area contributed by atoms with Gasteiger partial charge >= 0.3 is 12.1 Å². The Morgan fingerprint density at radius 2 is 1.95 bits per heavy atom. The summed E-state index contributed by atoms with van der Waals surface area (Å²) in [7, 11) is 0. The van der Waals surface area contributed by atoms with Crippen LogP contribution in [0, 0.1) is 5.92 Å². The summed E-state index contributed by atoms with van der Waals surface area (Å²) in [6.07, 6.45) is 2.04. The van der Waals surface area contributed by atoms with Gasteiger partial charge in [-0.15, -0.1) is 0 Å². The first-order valence-corrected chi connectivity index (χ1v) is 7.41. The third kappa shape index (κ3) is 5.02. The van der Waals surface area contributed by atoms with Crippen molar-refractivity contribution in [2.24, 2.45) is 5.92 Å². The highest BCUT2D eigenvalue weighted by atomic mass is 16.6. The average Bonchev–Trinajstić information content (AvgIpc) is 2.69. The fourth-order valence-electron chi connectivity index (χ4n) is 2.21. The van der Waals surface area contributed by atoms with E-state index in [1.807, 2.05) is 34.6 Å². The molecule has 0 aromatic heterocycles. The van der Waals surface area contributed by atoms with Crippen LogP contribution in [0.1, 0.15) is 53.9 Å². The molecule has 1 saturated heterocycles. The summed E-state index contributed by atoms with van der Waals surface area (Å²) in [5.74, 6) is -0.0279. The van der Waals surface area contributed by atoms with Crippen LogP contribution in [0.2, 0.25) is 0 Å². The Morgan fingerprint density at radius 1 is 1.30 bits per heavy atom. The van der Waals surface area contributed by atoms with Gasteiger partial charge in [-0.25, -0.2) is 9.59 Å². The van der Waals surface area contributed by atoms with E-state index < -0.39 is 17.7 Å². The van der Waals surface area contributed by atoms with Crippen molar-refractivity contribution in [3.63, 3.8) is 0 Å². The molecule has 0 spiro atoms. The molecule has 0 saturated carbocycles. The lowest BCUT2D eigenvalue weighted by Crippen LogP contribution is -2.44. The predicted molar refractivity (Wildman–Crippen MR) is 76.4 cm³/mol. The summed E-state index contributed by atoms with van der Waals surface area (Å²) in [4.78, 5) is 25.7. The second-order valence-corrected chi connectivity index (χ2v) is 6.51. The molecule has 0 bridgehead atoms. The standard InChI is InChI=1S/C15H27NO4/c1-6-7-8-19-13(17)12-9-11(2)10-16(12)14(18)20-15(3,4)5/h11-12H,6-10H2,1-5H3/t11-,12+/m1/s1. The van der Waals surface area contributed by atoms with Crippen molar-refractivity contribution in [3.8, 4) is 0 Å². The fourth-order valence-corrected chi connectivity index (χ4v) is 2.21. The quantitative estimate of drug-likeness (QED) is 0.588. The molecule has 1 aliphatic rings. The van der Waals surface area contributed by atoms with Crippen LogP contribution in [0.3, 0.4) is 0 Å². The SMILES string of the molecule is CCCCOC(=O)[C@@H]1C[C@@H](C)CN1C(=O)OC(C)(C)C. The van der Waals surface area contributed by atoms with Crippen molar-refractivity contribution in [2.75, 3.05) is 13.2 Å². The molecule has 0 aromatic carbocycles. The smallest absolute Gasteiger partial charge is 0.411 e. The number of unbranched alkanes of at least 4 members (excludes halogenated alkanes) is 1. The molecule has 1 amide bonds. The molecule has 1 fully saturated rings. The molecule has 0 N–H and O–H groups in total. The number of nitrogens with zero attached hydrogens (tertiary/aromatic N) is 1. The van der Waals surface area contributed by atoms with E-state index in [1.54, 1.807) is 0 Å². The monoisotopic (exact) mass is 285 g/mol. The summed E-state index contributed by atoms with van der Waals surface area (Å²) >= 11 is 0.